The number of nitrogens with one attached hydrogen (secondary N) is 1. The Labute approximate surface area is 250 Å². The predicted octanol–water partition coefficient (Wildman–Crippen LogP) is 5.35. The highest BCUT2D eigenvalue weighted by atomic mass is 19.4. The quantitative estimate of drug-likeness (QED) is 0.269. The van der Waals surface area contributed by atoms with Crippen molar-refractivity contribution in [3.8, 4) is 29.1 Å². The van der Waals surface area contributed by atoms with Gasteiger partial charge in [0.05, 0.1) is 49.8 Å². The predicted molar refractivity (Wildman–Crippen MR) is 156 cm³/mol. The zero-order chi connectivity index (χ0) is 30.7. The number of methoxy groups -OCH3 is 1. The molecular weight excluding hydrogens is 557 g/mol. The van der Waals surface area contributed by atoms with Crippen LogP contribution in [0.25, 0.3) is 0 Å². The zero-order valence-electron chi connectivity index (χ0n) is 24.8. The molecule has 228 valence electrons. The van der Waals surface area contributed by atoms with Crippen LogP contribution >= 0.6 is 0 Å². The smallest absolute Gasteiger partial charge is 0.416 e. The summed E-state index contributed by atoms with van der Waals surface area (Å²) in [7, 11) is 1.56. The van der Waals surface area contributed by atoms with Crippen molar-refractivity contribution in [2.75, 3.05) is 26.7 Å². The largest absolute Gasteiger partial charge is 0.508 e. The van der Waals surface area contributed by atoms with Crippen molar-refractivity contribution in [3.63, 3.8) is 0 Å². The lowest BCUT2D eigenvalue weighted by atomic mass is 9.50. The molecule has 1 amide bonds. The molecule has 2 fully saturated rings. The van der Waals surface area contributed by atoms with Gasteiger partial charge < -0.3 is 24.4 Å². The fourth-order valence-electron chi connectivity index (χ4n) is 8.84. The van der Waals surface area contributed by atoms with Crippen LogP contribution in [0, 0.1) is 23.7 Å². The van der Waals surface area contributed by atoms with Gasteiger partial charge in [0.2, 0.25) is 0 Å². The molecule has 6 atom stereocenters. The van der Waals surface area contributed by atoms with Gasteiger partial charge in [0, 0.05) is 53.4 Å². The number of ether oxygens (including phenoxy) is 2. The number of halogens is 3. The topological polar surface area (TPSA) is 67.8 Å². The van der Waals surface area contributed by atoms with Gasteiger partial charge in [-0.05, 0) is 43.2 Å². The average molecular weight is 596 g/mol. The first-order chi connectivity index (χ1) is 20.4. The molecule has 2 N–H and O–H groups in total. The van der Waals surface area contributed by atoms with Gasteiger partial charge in [0.25, 0.3) is 5.91 Å². The number of hydrogen-bond acceptors (Lipinski definition) is 4. The molecule has 2 aliphatic heterocycles. The third-order valence-corrected chi connectivity index (χ3v) is 10.2. The van der Waals surface area contributed by atoms with E-state index in [2.05, 4.69) is 37.6 Å². The molecule has 2 aliphatic carbocycles. The van der Waals surface area contributed by atoms with Crippen LogP contribution in [0.3, 0.4) is 0 Å². The lowest BCUT2D eigenvalue weighted by Crippen LogP contribution is -2.74. The number of alkyl halides is 3. The molecule has 9 heteroatoms. The summed E-state index contributed by atoms with van der Waals surface area (Å²) in [5.74, 6) is 6.90. The standard InChI is InChI=1S/C34H37F3N2O4/c1-5-15-39(19-20(2)3)16-14-33-24-11-12-25(38-29(41)13-8-21-6-9-22(10-7-21)34(35,36)37)32(33)43-31-28(42-4)18-27(40)23(30(31)33)17-26(24)39/h5-7,9-10,18,20,24-26,32H,1,11-12,14-17,19H2,2-4H3,(H-,38,40,41)/p+1/t24-,25+,26+,32-,33-,39?/m0/s1. The highest BCUT2D eigenvalue weighted by molar-refractivity contribution is 5.94. The third kappa shape index (κ3) is 4.66. The van der Waals surface area contributed by atoms with Gasteiger partial charge in [0.15, 0.2) is 11.5 Å². The van der Waals surface area contributed by atoms with E-state index >= 15 is 0 Å². The van der Waals surface area contributed by atoms with Crippen molar-refractivity contribution in [2.24, 2.45) is 11.8 Å². The Morgan fingerprint density at radius 2 is 2.05 bits per heavy atom. The van der Waals surface area contributed by atoms with Crippen molar-refractivity contribution in [1.29, 1.82) is 0 Å². The number of likely N-dealkylation sites (tertiary alicyclic amines) is 1. The maximum atomic E-state index is 13.1. The summed E-state index contributed by atoms with van der Waals surface area (Å²) in [5.41, 5.74) is 1.12. The number of hydrogen-bond donors (Lipinski definition) is 2. The first kappa shape index (κ1) is 29.4. The van der Waals surface area contributed by atoms with Gasteiger partial charge >= 0.3 is 6.18 Å². The first-order valence-corrected chi connectivity index (χ1v) is 15.0. The van der Waals surface area contributed by atoms with Crippen molar-refractivity contribution in [2.45, 2.75) is 69.3 Å². The van der Waals surface area contributed by atoms with Crippen LogP contribution in [-0.2, 0) is 22.8 Å². The van der Waals surface area contributed by atoms with E-state index in [1.54, 1.807) is 13.2 Å². The van der Waals surface area contributed by atoms with Gasteiger partial charge in [-0.2, -0.15) is 13.2 Å². The molecular formula is C34H38F3N2O4+. The number of carbonyl (C=O) groups is 1. The van der Waals surface area contributed by atoms with E-state index in [4.69, 9.17) is 9.47 Å². The highest BCUT2D eigenvalue weighted by Crippen LogP contribution is 2.66. The molecule has 2 aromatic carbocycles. The van der Waals surface area contributed by atoms with Crippen molar-refractivity contribution < 1.29 is 37.0 Å². The molecule has 4 aliphatic rings. The number of amides is 1. The number of aromatic hydroxyl groups is 1. The molecule has 1 spiro atoms. The summed E-state index contributed by atoms with van der Waals surface area (Å²) < 4.78 is 52.1. The number of phenolic OH excluding ortho intramolecular Hbond substituents is 1. The molecule has 1 saturated carbocycles. The molecule has 0 radical (unpaired) electrons. The van der Waals surface area contributed by atoms with Crippen LogP contribution in [0.5, 0.6) is 17.2 Å². The van der Waals surface area contributed by atoms with E-state index < -0.39 is 23.1 Å². The second-order valence-electron chi connectivity index (χ2n) is 13.0. The van der Waals surface area contributed by atoms with Gasteiger partial charge in [-0.15, -0.1) is 0 Å². The molecule has 1 saturated heterocycles. The average Bonchev–Trinajstić information content (AvgIpc) is 3.30. The number of nitrogens with zero attached hydrogens (tertiary/aromatic N) is 1. The molecule has 2 aromatic rings. The summed E-state index contributed by atoms with van der Waals surface area (Å²) in [6.07, 6.45) is 0.407. The zero-order valence-corrected chi connectivity index (χ0v) is 24.8. The highest BCUT2D eigenvalue weighted by Gasteiger charge is 2.70. The van der Waals surface area contributed by atoms with Crippen molar-refractivity contribution in [3.05, 3.63) is 65.2 Å². The Balaban J connectivity index is 1.34. The second kappa shape index (κ2) is 10.5. The molecule has 6 rings (SSSR count). The van der Waals surface area contributed by atoms with Gasteiger partial charge in [-0.3, -0.25) is 4.79 Å². The van der Waals surface area contributed by atoms with E-state index in [1.807, 2.05) is 6.08 Å². The monoisotopic (exact) mass is 595 g/mol. The second-order valence-corrected chi connectivity index (χ2v) is 13.0. The maximum Gasteiger partial charge on any atom is 0.416 e. The fraction of sp³-hybridized carbons (Fsp3) is 0.500. The molecule has 2 heterocycles. The Hall–Kier alpha value is -3.64. The summed E-state index contributed by atoms with van der Waals surface area (Å²) in [6.45, 7) is 11.4. The van der Waals surface area contributed by atoms with Gasteiger partial charge in [-0.1, -0.05) is 26.3 Å². The summed E-state index contributed by atoms with van der Waals surface area (Å²) >= 11 is 0. The van der Waals surface area contributed by atoms with E-state index in [-0.39, 0.29) is 29.9 Å². The lowest BCUT2D eigenvalue weighted by molar-refractivity contribution is -0.960. The molecule has 0 aromatic heterocycles. The molecule has 6 nitrogen and oxygen atoms in total. The number of carbonyl (C=O) groups excluding carboxylic acids is 1. The SMILES string of the molecule is C=CC[N+]1(CC(C)C)CC[C@]23c4c5c(O)cc(OC)c4O[C@H]2[C@H](NC(=O)C#Cc2ccc(C(F)(F)F)cc2)CC[C@H]3[C@H]1C5. The Morgan fingerprint density at radius 3 is 2.70 bits per heavy atom. The summed E-state index contributed by atoms with van der Waals surface area (Å²) in [6, 6.07) is 6.03. The van der Waals surface area contributed by atoms with Crippen LogP contribution in [0.4, 0.5) is 13.2 Å². The van der Waals surface area contributed by atoms with Gasteiger partial charge in [-0.25, -0.2) is 0 Å². The van der Waals surface area contributed by atoms with Crippen LogP contribution in [-0.4, -0.2) is 60.4 Å². The number of rotatable bonds is 6. The Kier molecular flexibility index (Phi) is 7.20. The minimum absolute atomic E-state index is 0.222. The van der Waals surface area contributed by atoms with E-state index in [0.717, 1.165) is 66.6 Å². The Morgan fingerprint density at radius 1 is 1.30 bits per heavy atom. The third-order valence-electron chi connectivity index (χ3n) is 10.2. The minimum atomic E-state index is -4.43. The number of phenols is 1. The van der Waals surface area contributed by atoms with E-state index in [9.17, 15) is 23.1 Å². The van der Waals surface area contributed by atoms with Crippen LogP contribution in [0.2, 0.25) is 0 Å². The lowest BCUT2D eigenvalue weighted by Gasteiger charge is -2.63. The number of benzene rings is 2. The molecule has 43 heavy (non-hydrogen) atoms. The van der Waals surface area contributed by atoms with E-state index in [1.165, 1.54) is 12.1 Å². The minimum Gasteiger partial charge on any atom is -0.508 e. The Bertz CT molecular complexity index is 1510. The first-order valence-electron chi connectivity index (χ1n) is 15.0. The summed E-state index contributed by atoms with van der Waals surface area (Å²) in [4.78, 5) is 13.1. The van der Waals surface area contributed by atoms with Crippen molar-refractivity contribution in [1.82, 2.24) is 5.32 Å². The van der Waals surface area contributed by atoms with Crippen LogP contribution in [0.1, 0.15) is 55.4 Å². The van der Waals surface area contributed by atoms with E-state index in [0.29, 0.717) is 29.4 Å². The van der Waals surface area contributed by atoms with Crippen molar-refractivity contribution >= 4 is 5.91 Å². The normalized spacial score (nSPS) is 30.0. The molecule has 2 bridgehead atoms. The number of piperidine rings is 1. The fourth-order valence-corrected chi connectivity index (χ4v) is 8.84. The molecule has 1 unspecified atom stereocenters. The summed E-state index contributed by atoms with van der Waals surface area (Å²) in [5, 5.41) is 14.4. The van der Waals surface area contributed by atoms with Crippen LogP contribution in [0.15, 0.2) is 43.0 Å². The maximum absolute atomic E-state index is 13.1. The van der Waals surface area contributed by atoms with Gasteiger partial charge in [0.1, 0.15) is 11.9 Å². The number of quaternary nitrogens is 1. The van der Waals surface area contributed by atoms with Crippen LogP contribution < -0.4 is 14.8 Å².